The Labute approximate surface area is 118 Å². The maximum atomic E-state index is 11.9. The molecule has 0 aliphatic carbocycles. The SMILES string of the molecule is CC[C@@H](NC(=O)NCc1cnn(C)c1)c1ccncc1. The Morgan fingerprint density at radius 3 is 2.75 bits per heavy atom. The first-order valence-electron chi connectivity index (χ1n) is 6.61. The van der Waals surface area contributed by atoms with E-state index in [1.165, 1.54) is 0 Å². The Hall–Kier alpha value is -2.37. The molecule has 0 aliphatic rings. The number of rotatable bonds is 5. The Balaban J connectivity index is 1.86. The van der Waals surface area contributed by atoms with Gasteiger partial charge < -0.3 is 10.6 Å². The number of carbonyl (C=O) groups excluding carboxylic acids is 1. The van der Waals surface area contributed by atoms with Crippen LogP contribution in [0, 0.1) is 0 Å². The van der Waals surface area contributed by atoms with Gasteiger partial charge >= 0.3 is 6.03 Å². The predicted octanol–water partition coefficient (Wildman–Crippen LogP) is 1.77. The van der Waals surface area contributed by atoms with Gasteiger partial charge in [0.1, 0.15) is 0 Å². The van der Waals surface area contributed by atoms with Gasteiger partial charge in [-0.1, -0.05) is 6.92 Å². The molecule has 2 rings (SSSR count). The molecule has 2 aromatic rings. The second-order valence-corrected chi connectivity index (χ2v) is 4.59. The maximum Gasteiger partial charge on any atom is 0.315 e. The molecule has 0 saturated carbocycles. The van der Waals surface area contributed by atoms with Gasteiger partial charge in [0.05, 0.1) is 12.2 Å². The lowest BCUT2D eigenvalue weighted by atomic mass is 10.1. The van der Waals surface area contributed by atoms with Gasteiger partial charge in [-0.25, -0.2) is 4.79 Å². The number of hydrogen-bond acceptors (Lipinski definition) is 3. The highest BCUT2D eigenvalue weighted by Gasteiger charge is 2.12. The van der Waals surface area contributed by atoms with Gasteiger partial charge in [-0.3, -0.25) is 9.67 Å². The van der Waals surface area contributed by atoms with Crippen LogP contribution in [0.1, 0.15) is 30.5 Å². The van der Waals surface area contributed by atoms with E-state index in [-0.39, 0.29) is 12.1 Å². The van der Waals surface area contributed by atoms with E-state index in [0.29, 0.717) is 6.54 Å². The van der Waals surface area contributed by atoms with Crippen molar-refractivity contribution in [3.8, 4) is 0 Å². The van der Waals surface area contributed by atoms with Crippen molar-refractivity contribution in [2.75, 3.05) is 0 Å². The predicted molar refractivity (Wildman–Crippen MR) is 75.8 cm³/mol. The van der Waals surface area contributed by atoms with Crippen molar-refractivity contribution in [1.82, 2.24) is 25.4 Å². The molecule has 0 unspecified atom stereocenters. The third-order valence-electron chi connectivity index (χ3n) is 3.03. The fourth-order valence-electron chi connectivity index (χ4n) is 1.97. The third-order valence-corrected chi connectivity index (χ3v) is 3.03. The average molecular weight is 273 g/mol. The van der Waals surface area contributed by atoms with Crippen molar-refractivity contribution in [2.45, 2.75) is 25.9 Å². The Kier molecular flexibility index (Phi) is 4.70. The van der Waals surface area contributed by atoms with Crippen LogP contribution in [0.5, 0.6) is 0 Å². The molecule has 0 saturated heterocycles. The lowest BCUT2D eigenvalue weighted by Gasteiger charge is -2.17. The summed E-state index contributed by atoms with van der Waals surface area (Å²) in [7, 11) is 1.85. The molecule has 2 aromatic heterocycles. The first kappa shape index (κ1) is 14.0. The molecule has 106 valence electrons. The molecular weight excluding hydrogens is 254 g/mol. The van der Waals surface area contributed by atoms with E-state index < -0.39 is 0 Å². The molecule has 0 aliphatic heterocycles. The minimum absolute atomic E-state index is 0.00750. The zero-order chi connectivity index (χ0) is 14.4. The number of aryl methyl sites for hydroxylation is 1. The number of hydrogen-bond donors (Lipinski definition) is 2. The molecule has 2 N–H and O–H groups in total. The third kappa shape index (κ3) is 3.81. The quantitative estimate of drug-likeness (QED) is 0.872. The molecule has 0 fully saturated rings. The van der Waals surface area contributed by atoms with Gasteiger partial charge in [-0.05, 0) is 24.1 Å². The number of carbonyl (C=O) groups is 1. The van der Waals surface area contributed by atoms with Gasteiger partial charge in [0, 0.05) is 37.7 Å². The van der Waals surface area contributed by atoms with E-state index in [2.05, 4.69) is 20.7 Å². The maximum absolute atomic E-state index is 11.9. The second kappa shape index (κ2) is 6.70. The van der Waals surface area contributed by atoms with Crippen LogP contribution in [-0.4, -0.2) is 20.8 Å². The Morgan fingerprint density at radius 2 is 2.15 bits per heavy atom. The molecule has 20 heavy (non-hydrogen) atoms. The molecule has 2 amide bonds. The zero-order valence-corrected chi connectivity index (χ0v) is 11.7. The summed E-state index contributed by atoms with van der Waals surface area (Å²) in [5.41, 5.74) is 2.03. The van der Waals surface area contributed by atoms with Gasteiger partial charge in [-0.2, -0.15) is 5.10 Å². The highest BCUT2D eigenvalue weighted by molar-refractivity contribution is 5.74. The first-order chi connectivity index (χ1) is 9.69. The molecule has 0 bridgehead atoms. The van der Waals surface area contributed by atoms with Crippen molar-refractivity contribution in [3.05, 3.63) is 48.0 Å². The topological polar surface area (TPSA) is 71.8 Å². The molecule has 2 heterocycles. The summed E-state index contributed by atoms with van der Waals surface area (Å²) >= 11 is 0. The second-order valence-electron chi connectivity index (χ2n) is 4.59. The van der Waals surface area contributed by atoms with Crippen molar-refractivity contribution in [2.24, 2.45) is 7.05 Å². The van der Waals surface area contributed by atoms with Crippen LogP contribution >= 0.6 is 0 Å². The number of pyridine rings is 1. The standard InChI is InChI=1S/C14H19N5O/c1-3-13(12-4-6-15-7-5-12)18-14(20)16-8-11-9-17-19(2)10-11/h4-7,9-10,13H,3,8H2,1-2H3,(H2,16,18,20)/t13-/m1/s1. The minimum atomic E-state index is -0.183. The summed E-state index contributed by atoms with van der Waals surface area (Å²) in [5, 5.41) is 9.84. The number of amides is 2. The summed E-state index contributed by atoms with van der Waals surface area (Å²) in [6, 6.07) is 3.63. The van der Waals surface area contributed by atoms with Crippen molar-refractivity contribution in [3.63, 3.8) is 0 Å². The summed E-state index contributed by atoms with van der Waals surface area (Å²) in [5.74, 6) is 0. The van der Waals surface area contributed by atoms with Gasteiger partial charge in [-0.15, -0.1) is 0 Å². The molecule has 0 spiro atoms. The molecule has 6 heteroatoms. The monoisotopic (exact) mass is 273 g/mol. The number of nitrogens with zero attached hydrogens (tertiary/aromatic N) is 3. The minimum Gasteiger partial charge on any atom is -0.334 e. The van der Waals surface area contributed by atoms with E-state index in [0.717, 1.165) is 17.5 Å². The molecule has 0 aromatic carbocycles. The highest BCUT2D eigenvalue weighted by Crippen LogP contribution is 2.14. The van der Waals surface area contributed by atoms with Gasteiger partial charge in [0.25, 0.3) is 0 Å². The van der Waals surface area contributed by atoms with E-state index in [1.807, 2.05) is 32.3 Å². The van der Waals surface area contributed by atoms with Gasteiger partial charge in [0.15, 0.2) is 0 Å². The first-order valence-corrected chi connectivity index (χ1v) is 6.61. The van der Waals surface area contributed by atoms with E-state index in [1.54, 1.807) is 23.3 Å². The van der Waals surface area contributed by atoms with Crippen LogP contribution in [0.3, 0.4) is 0 Å². The van der Waals surface area contributed by atoms with Gasteiger partial charge in [0.2, 0.25) is 0 Å². The largest absolute Gasteiger partial charge is 0.334 e. The average Bonchev–Trinajstić information content (AvgIpc) is 2.89. The fraction of sp³-hybridized carbons (Fsp3) is 0.357. The van der Waals surface area contributed by atoms with Crippen LogP contribution in [0.4, 0.5) is 4.79 Å². The summed E-state index contributed by atoms with van der Waals surface area (Å²) in [4.78, 5) is 15.9. The van der Waals surface area contributed by atoms with Crippen molar-refractivity contribution in [1.29, 1.82) is 0 Å². The molecule has 0 radical (unpaired) electrons. The lowest BCUT2D eigenvalue weighted by Crippen LogP contribution is -2.37. The molecule has 1 atom stereocenters. The number of aromatic nitrogens is 3. The molecular formula is C14H19N5O. The van der Waals surface area contributed by atoms with E-state index in [9.17, 15) is 4.79 Å². The van der Waals surface area contributed by atoms with Crippen molar-refractivity contribution >= 4 is 6.03 Å². The van der Waals surface area contributed by atoms with E-state index in [4.69, 9.17) is 0 Å². The highest BCUT2D eigenvalue weighted by atomic mass is 16.2. The Bertz CT molecular complexity index is 552. The smallest absolute Gasteiger partial charge is 0.315 e. The van der Waals surface area contributed by atoms with Crippen molar-refractivity contribution < 1.29 is 4.79 Å². The number of nitrogens with one attached hydrogen (secondary N) is 2. The van der Waals surface area contributed by atoms with Crippen LogP contribution in [-0.2, 0) is 13.6 Å². The molecule has 6 nitrogen and oxygen atoms in total. The zero-order valence-electron chi connectivity index (χ0n) is 11.7. The van der Waals surface area contributed by atoms with Crippen LogP contribution < -0.4 is 10.6 Å². The summed E-state index contributed by atoms with van der Waals surface area (Å²) < 4.78 is 1.71. The van der Waals surface area contributed by atoms with Crippen LogP contribution in [0.25, 0.3) is 0 Å². The fourth-order valence-corrected chi connectivity index (χ4v) is 1.97. The Morgan fingerprint density at radius 1 is 1.40 bits per heavy atom. The van der Waals surface area contributed by atoms with Crippen LogP contribution in [0.2, 0.25) is 0 Å². The van der Waals surface area contributed by atoms with Crippen LogP contribution in [0.15, 0.2) is 36.9 Å². The summed E-state index contributed by atoms with van der Waals surface area (Å²) in [6.45, 7) is 2.50. The normalized spacial score (nSPS) is 11.9. The number of urea groups is 1. The lowest BCUT2D eigenvalue weighted by molar-refractivity contribution is 0.236. The van der Waals surface area contributed by atoms with E-state index >= 15 is 0 Å². The summed E-state index contributed by atoms with van der Waals surface area (Å²) in [6.07, 6.45) is 7.89.